The summed E-state index contributed by atoms with van der Waals surface area (Å²) in [7, 11) is -3.55. The van der Waals surface area contributed by atoms with Crippen molar-refractivity contribution in [3.8, 4) is 0 Å². The standard InChI is InChI=1S/C14H24N2O3S/c1-4-14(2,3)10-16-20(17,18)13-8-7-12(19-13)9-15-11-5-6-11/h7-8,11,15-16H,4-6,9-10H2,1-3H3. The lowest BCUT2D eigenvalue weighted by molar-refractivity contribution is 0.345. The van der Waals surface area contributed by atoms with Gasteiger partial charge in [-0.15, -0.1) is 0 Å². The molecule has 0 radical (unpaired) electrons. The first-order valence-electron chi connectivity index (χ1n) is 7.14. The lowest BCUT2D eigenvalue weighted by Gasteiger charge is -2.22. The molecule has 1 aliphatic rings. The van der Waals surface area contributed by atoms with Crippen LogP contribution < -0.4 is 10.0 Å². The van der Waals surface area contributed by atoms with Gasteiger partial charge in [0.25, 0.3) is 10.0 Å². The average molecular weight is 300 g/mol. The number of rotatable bonds is 8. The molecule has 20 heavy (non-hydrogen) atoms. The first kappa shape index (κ1) is 15.5. The number of furan rings is 1. The Balaban J connectivity index is 1.94. The second kappa shape index (κ2) is 5.87. The molecular formula is C14H24N2O3S. The third kappa shape index (κ3) is 4.33. The van der Waals surface area contributed by atoms with Gasteiger partial charge in [-0.3, -0.25) is 0 Å². The van der Waals surface area contributed by atoms with Gasteiger partial charge >= 0.3 is 0 Å². The predicted molar refractivity (Wildman–Crippen MR) is 77.8 cm³/mol. The molecule has 5 nitrogen and oxygen atoms in total. The fourth-order valence-electron chi connectivity index (χ4n) is 1.62. The van der Waals surface area contributed by atoms with E-state index in [1.54, 1.807) is 6.07 Å². The molecule has 0 aromatic carbocycles. The van der Waals surface area contributed by atoms with E-state index in [-0.39, 0.29) is 10.5 Å². The smallest absolute Gasteiger partial charge is 0.273 e. The number of sulfonamides is 1. The zero-order chi connectivity index (χ0) is 14.8. The summed E-state index contributed by atoms with van der Waals surface area (Å²) in [6.07, 6.45) is 3.29. The molecule has 2 rings (SSSR count). The summed E-state index contributed by atoms with van der Waals surface area (Å²) in [5, 5.41) is 3.29. The van der Waals surface area contributed by atoms with Gasteiger partial charge in [-0.05, 0) is 36.8 Å². The minimum absolute atomic E-state index is 0.00278. The molecule has 0 atom stereocenters. The Kier molecular flexibility index (Phi) is 4.56. The Morgan fingerprint density at radius 2 is 2.05 bits per heavy atom. The summed E-state index contributed by atoms with van der Waals surface area (Å²) >= 11 is 0. The van der Waals surface area contributed by atoms with Crippen LogP contribution >= 0.6 is 0 Å². The van der Waals surface area contributed by atoms with Crippen molar-refractivity contribution in [2.24, 2.45) is 5.41 Å². The molecule has 0 amide bonds. The maximum atomic E-state index is 12.1. The van der Waals surface area contributed by atoms with Gasteiger partial charge in [-0.1, -0.05) is 20.8 Å². The molecule has 1 aromatic rings. The van der Waals surface area contributed by atoms with E-state index in [1.165, 1.54) is 18.9 Å². The van der Waals surface area contributed by atoms with Crippen molar-refractivity contribution >= 4 is 10.0 Å². The number of hydrogen-bond donors (Lipinski definition) is 2. The summed E-state index contributed by atoms with van der Waals surface area (Å²) in [5.41, 5.74) is -0.0595. The normalized spacial score (nSPS) is 16.6. The number of hydrogen-bond acceptors (Lipinski definition) is 4. The van der Waals surface area contributed by atoms with Gasteiger partial charge in [0.1, 0.15) is 5.76 Å². The molecule has 1 aromatic heterocycles. The molecule has 0 aliphatic heterocycles. The van der Waals surface area contributed by atoms with Crippen LogP contribution in [0, 0.1) is 5.41 Å². The number of nitrogens with one attached hydrogen (secondary N) is 2. The van der Waals surface area contributed by atoms with Crippen molar-refractivity contribution < 1.29 is 12.8 Å². The van der Waals surface area contributed by atoms with Gasteiger partial charge in [-0.25, -0.2) is 13.1 Å². The second-order valence-electron chi connectivity index (χ2n) is 6.22. The minimum atomic E-state index is -3.55. The van der Waals surface area contributed by atoms with E-state index in [0.717, 1.165) is 6.42 Å². The first-order chi connectivity index (χ1) is 9.32. The second-order valence-corrected chi connectivity index (χ2v) is 7.92. The summed E-state index contributed by atoms with van der Waals surface area (Å²) in [5.74, 6) is 0.659. The maximum Gasteiger partial charge on any atom is 0.273 e. The molecule has 1 saturated carbocycles. The monoisotopic (exact) mass is 300 g/mol. The molecule has 114 valence electrons. The quantitative estimate of drug-likeness (QED) is 0.772. The topological polar surface area (TPSA) is 71.3 Å². The van der Waals surface area contributed by atoms with Crippen molar-refractivity contribution in [3.63, 3.8) is 0 Å². The zero-order valence-corrected chi connectivity index (χ0v) is 13.2. The van der Waals surface area contributed by atoms with Gasteiger partial charge in [0.15, 0.2) is 0 Å². The van der Waals surface area contributed by atoms with Gasteiger partial charge in [0.2, 0.25) is 5.09 Å². The van der Waals surface area contributed by atoms with Crippen molar-refractivity contribution in [1.29, 1.82) is 0 Å². The van der Waals surface area contributed by atoms with Crippen LogP contribution in [0.4, 0.5) is 0 Å². The predicted octanol–water partition coefficient (Wildman–Crippen LogP) is 2.25. The van der Waals surface area contributed by atoms with E-state index in [1.807, 2.05) is 20.8 Å². The summed E-state index contributed by atoms with van der Waals surface area (Å²) in [6.45, 7) is 7.09. The largest absolute Gasteiger partial charge is 0.447 e. The summed E-state index contributed by atoms with van der Waals surface area (Å²) in [6, 6.07) is 3.81. The maximum absolute atomic E-state index is 12.1. The molecule has 0 saturated heterocycles. The third-order valence-electron chi connectivity index (χ3n) is 3.74. The highest BCUT2D eigenvalue weighted by atomic mass is 32.2. The molecule has 0 unspecified atom stereocenters. The van der Waals surface area contributed by atoms with Crippen LogP contribution in [0.2, 0.25) is 0 Å². The van der Waals surface area contributed by atoms with E-state index in [2.05, 4.69) is 10.0 Å². The minimum Gasteiger partial charge on any atom is -0.447 e. The van der Waals surface area contributed by atoms with E-state index in [9.17, 15) is 8.42 Å². The fraction of sp³-hybridized carbons (Fsp3) is 0.714. The van der Waals surface area contributed by atoms with Gasteiger partial charge < -0.3 is 9.73 Å². The average Bonchev–Trinajstić information content (AvgIpc) is 3.10. The molecular weight excluding hydrogens is 276 g/mol. The van der Waals surface area contributed by atoms with Gasteiger partial charge in [0, 0.05) is 12.6 Å². The summed E-state index contributed by atoms with van der Waals surface area (Å²) < 4.78 is 32.3. The molecule has 1 heterocycles. The lowest BCUT2D eigenvalue weighted by Crippen LogP contribution is -2.33. The third-order valence-corrected chi connectivity index (χ3v) is 5.02. The van der Waals surface area contributed by atoms with Gasteiger partial charge in [0.05, 0.1) is 6.54 Å². The van der Waals surface area contributed by atoms with Crippen LogP contribution in [0.15, 0.2) is 21.6 Å². The first-order valence-corrected chi connectivity index (χ1v) is 8.62. The molecule has 0 bridgehead atoms. The Hall–Kier alpha value is -0.850. The van der Waals surface area contributed by atoms with Crippen molar-refractivity contribution in [3.05, 3.63) is 17.9 Å². The van der Waals surface area contributed by atoms with E-state index < -0.39 is 10.0 Å². The van der Waals surface area contributed by atoms with E-state index in [0.29, 0.717) is 24.9 Å². The van der Waals surface area contributed by atoms with Crippen LogP contribution in [0.25, 0.3) is 0 Å². The van der Waals surface area contributed by atoms with Crippen LogP contribution in [0.1, 0.15) is 45.8 Å². The Morgan fingerprint density at radius 1 is 1.35 bits per heavy atom. The van der Waals surface area contributed by atoms with Crippen molar-refractivity contribution in [1.82, 2.24) is 10.0 Å². The highest BCUT2D eigenvalue weighted by Crippen LogP contribution is 2.22. The Labute approximate surface area is 121 Å². The van der Waals surface area contributed by atoms with Crippen LogP contribution in [-0.4, -0.2) is 21.0 Å². The Bertz CT molecular complexity index is 545. The Morgan fingerprint density at radius 3 is 2.65 bits per heavy atom. The van der Waals surface area contributed by atoms with Crippen LogP contribution in [0.5, 0.6) is 0 Å². The van der Waals surface area contributed by atoms with E-state index in [4.69, 9.17) is 4.42 Å². The molecule has 0 spiro atoms. The fourth-order valence-corrected chi connectivity index (χ4v) is 2.80. The van der Waals surface area contributed by atoms with Gasteiger partial charge in [-0.2, -0.15) is 0 Å². The lowest BCUT2D eigenvalue weighted by atomic mass is 9.91. The summed E-state index contributed by atoms with van der Waals surface area (Å²) in [4.78, 5) is 0. The SMILES string of the molecule is CCC(C)(C)CNS(=O)(=O)c1ccc(CNC2CC2)o1. The zero-order valence-electron chi connectivity index (χ0n) is 12.4. The molecule has 1 aliphatic carbocycles. The van der Waals surface area contributed by atoms with Crippen molar-refractivity contribution in [2.45, 2.75) is 57.7 Å². The van der Waals surface area contributed by atoms with Crippen LogP contribution in [0.3, 0.4) is 0 Å². The van der Waals surface area contributed by atoms with Crippen molar-refractivity contribution in [2.75, 3.05) is 6.54 Å². The highest BCUT2D eigenvalue weighted by Gasteiger charge is 2.24. The van der Waals surface area contributed by atoms with E-state index >= 15 is 0 Å². The molecule has 2 N–H and O–H groups in total. The molecule has 6 heteroatoms. The van der Waals surface area contributed by atoms with Crippen LogP contribution in [-0.2, 0) is 16.6 Å². The highest BCUT2D eigenvalue weighted by molar-refractivity contribution is 7.89. The molecule has 1 fully saturated rings.